The molecule has 0 aliphatic carbocycles. The molecule has 2 aromatic heterocycles. The van der Waals surface area contributed by atoms with Gasteiger partial charge in [-0.15, -0.1) is 11.3 Å². The molecule has 198 valence electrons. The summed E-state index contributed by atoms with van der Waals surface area (Å²) in [4.78, 5) is 22.4. The molecule has 0 bridgehead atoms. The summed E-state index contributed by atoms with van der Waals surface area (Å²) < 4.78 is 11.2. The fourth-order valence-corrected chi connectivity index (χ4v) is 5.46. The smallest absolute Gasteiger partial charge is 0.323 e. The van der Waals surface area contributed by atoms with Gasteiger partial charge in [-0.2, -0.15) is 0 Å². The molecule has 7 nitrogen and oxygen atoms in total. The SMILES string of the molecule is Cc1ccc(-c2csc(NC(=O)N(CCC(c3ccccc3)c3ccccc3)CCN3CCOCC3)n2)o1. The van der Waals surface area contributed by atoms with Crippen molar-refractivity contribution in [2.24, 2.45) is 0 Å². The summed E-state index contributed by atoms with van der Waals surface area (Å²) in [5.41, 5.74) is 3.24. The highest BCUT2D eigenvalue weighted by Gasteiger charge is 2.21. The number of urea groups is 1. The Kier molecular flexibility index (Phi) is 8.86. The maximum Gasteiger partial charge on any atom is 0.323 e. The zero-order valence-electron chi connectivity index (χ0n) is 21.7. The van der Waals surface area contributed by atoms with Gasteiger partial charge in [-0.3, -0.25) is 10.2 Å². The Morgan fingerprint density at radius 1 is 1.00 bits per heavy atom. The lowest BCUT2D eigenvalue weighted by Crippen LogP contribution is -2.44. The van der Waals surface area contributed by atoms with Crippen LogP contribution in [0.5, 0.6) is 0 Å². The lowest BCUT2D eigenvalue weighted by Gasteiger charge is -2.31. The van der Waals surface area contributed by atoms with Crippen molar-refractivity contribution in [2.45, 2.75) is 19.3 Å². The number of carbonyl (C=O) groups is 1. The van der Waals surface area contributed by atoms with Crippen LogP contribution in [-0.4, -0.2) is 66.8 Å². The van der Waals surface area contributed by atoms with Gasteiger partial charge in [0.25, 0.3) is 0 Å². The Bertz CT molecular complexity index is 1250. The average molecular weight is 531 g/mol. The van der Waals surface area contributed by atoms with E-state index in [1.807, 2.05) is 41.5 Å². The number of hydrogen-bond acceptors (Lipinski definition) is 6. The molecule has 2 aromatic carbocycles. The number of morpholine rings is 1. The van der Waals surface area contributed by atoms with Crippen molar-refractivity contribution in [3.8, 4) is 11.5 Å². The van der Waals surface area contributed by atoms with E-state index in [1.165, 1.54) is 22.5 Å². The number of benzene rings is 2. The van der Waals surface area contributed by atoms with Gasteiger partial charge in [0.1, 0.15) is 11.5 Å². The molecule has 1 aliphatic rings. The van der Waals surface area contributed by atoms with E-state index in [-0.39, 0.29) is 11.9 Å². The monoisotopic (exact) mass is 530 g/mol. The van der Waals surface area contributed by atoms with E-state index >= 15 is 0 Å². The number of anilines is 1. The van der Waals surface area contributed by atoms with Crippen LogP contribution in [0.2, 0.25) is 0 Å². The first-order valence-corrected chi connectivity index (χ1v) is 14.0. The molecule has 5 rings (SSSR count). The van der Waals surface area contributed by atoms with Crippen molar-refractivity contribution < 1.29 is 13.9 Å². The first-order valence-electron chi connectivity index (χ1n) is 13.1. The van der Waals surface area contributed by atoms with Crippen molar-refractivity contribution in [3.63, 3.8) is 0 Å². The summed E-state index contributed by atoms with van der Waals surface area (Å²) in [6.45, 7) is 7.25. The Balaban J connectivity index is 1.30. The van der Waals surface area contributed by atoms with Gasteiger partial charge in [0.15, 0.2) is 10.9 Å². The third-order valence-corrected chi connectivity index (χ3v) is 7.64. The number of amides is 2. The summed E-state index contributed by atoms with van der Waals surface area (Å²) in [6.07, 6.45) is 0.819. The summed E-state index contributed by atoms with van der Waals surface area (Å²) >= 11 is 1.41. The summed E-state index contributed by atoms with van der Waals surface area (Å²) in [6, 6.07) is 24.8. The van der Waals surface area contributed by atoms with Crippen molar-refractivity contribution in [3.05, 3.63) is 95.1 Å². The minimum absolute atomic E-state index is 0.130. The fraction of sp³-hybridized carbons (Fsp3) is 0.333. The average Bonchev–Trinajstić information content (AvgIpc) is 3.61. The molecule has 1 saturated heterocycles. The molecule has 8 heteroatoms. The summed E-state index contributed by atoms with van der Waals surface area (Å²) in [5.74, 6) is 1.74. The quantitative estimate of drug-likeness (QED) is 0.268. The number of furan rings is 1. The van der Waals surface area contributed by atoms with E-state index < -0.39 is 0 Å². The zero-order chi connectivity index (χ0) is 26.2. The van der Waals surface area contributed by atoms with Crippen LogP contribution >= 0.6 is 11.3 Å². The second-order valence-corrected chi connectivity index (χ2v) is 10.3. The first-order chi connectivity index (χ1) is 18.7. The second-order valence-electron chi connectivity index (χ2n) is 9.48. The molecule has 0 unspecified atom stereocenters. The molecular weight excluding hydrogens is 496 g/mol. The number of rotatable bonds is 10. The van der Waals surface area contributed by atoms with E-state index in [9.17, 15) is 4.79 Å². The van der Waals surface area contributed by atoms with Gasteiger partial charge in [-0.1, -0.05) is 60.7 Å². The standard InChI is InChI=1S/C30H34N4O3S/c1-23-12-13-28(37-23)27-22-38-29(31-27)32-30(35)34(17-16-33-18-20-36-21-19-33)15-14-26(24-8-4-2-5-9-24)25-10-6-3-7-11-25/h2-13,22,26H,14-21H2,1H3,(H,31,32,35). The number of nitrogens with one attached hydrogen (secondary N) is 1. The van der Waals surface area contributed by atoms with Crippen molar-refractivity contribution in [1.29, 1.82) is 0 Å². The predicted molar refractivity (Wildman–Crippen MR) is 152 cm³/mol. The molecule has 0 saturated carbocycles. The third-order valence-electron chi connectivity index (χ3n) is 6.88. The molecule has 38 heavy (non-hydrogen) atoms. The van der Waals surface area contributed by atoms with E-state index in [2.05, 4.69) is 63.7 Å². The van der Waals surface area contributed by atoms with Crippen LogP contribution in [0.25, 0.3) is 11.5 Å². The number of hydrogen-bond donors (Lipinski definition) is 1. The number of ether oxygens (including phenoxy) is 1. The minimum atomic E-state index is -0.130. The van der Waals surface area contributed by atoms with Gasteiger partial charge in [0, 0.05) is 44.0 Å². The van der Waals surface area contributed by atoms with Gasteiger partial charge in [0.2, 0.25) is 0 Å². The second kappa shape index (κ2) is 12.9. The lowest BCUT2D eigenvalue weighted by atomic mass is 9.88. The van der Waals surface area contributed by atoms with E-state index in [0.29, 0.717) is 24.0 Å². The molecule has 0 radical (unpaired) electrons. The largest absolute Gasteiger partial charge is 0.460 e. The highest BCUT2D eigenvalue weighted by atomic mass is 32.1. The van der Waals surface area contributed by atoms with Crippen LogP contribution in [0.3, 0.4) is 0 Å². The zero-order valence-corrected chi connectivity index (χ0v) is 22.5. The highest BCUT2D eigenvalue weighted by molar-refractivity contribution is 7.14. The van der Waals surface area contributed by atoms with Crippen LogP contribution in [0.4, 0.5) is 9.93 Å². The summed E-state index contributed by atoms with van der Waals surface area (Å²) in [7, 11) is 0. The van der Waals surface area contributed by atoms with E-state index in [4.69, 9.17) is 9.15 Å². The van der Waals surface area contributed by atoms with Crippen molar-refractivity contribution >= 4 is 22.5 Å². The van der Waals surface area contributed by atoms with E-state index in [0.717, 1.165) is 50.7 Å². The maximum atomic E-state index is 13.5. The Labute approximate surface area is 228 Å². The molecular formula is C30H34N4O3S. The summed E-state index contributed by atoms with van der Waals surface area (Å²) in [5, 5.41) is 5.52. The normalized spacial score (nSPS) is 14.1. The van der Waals surface area contributed by atoms with Crippen LogP contribution in [0.15, 0.2) is 82.6 Å². The first kappa shape index (κ1) is 26.2. The van der Waals surface area contributed by atoms with Crippen LogP contribution in [0, 0.1) is 6.92 Å². The van der Waals surface area contributed by atoms with E-state index in [1.54, 1.807) is 0 Å². The van der Waals surface area contributed by atoms with Crippen molar-refractivity contribution in [2.75, 3.05) is 51.3 Å². The third kappa shape index (κ3) is 6.89. The highest BCUT2D eigenvalue weighted by Crippen LogP contribution is 2.29. The number of aromatic nitrogens is 1. The van der Waals surface area contributed by atoms with Gasteiger partial charge in [-0.25, -0.2) is 9.78 Å². The van der Waals surface area contributed by atoms with Gasteiger partial charge >= 0.3 is 6.03 Å². The molecule has 0 spiro atoms. The van der Waals surface area contributed by atoms with Crippen LogP contribution < -0.4 is 5.32 Å². The lowest BCUT2D eigenvalue weighted by molar-refractivity contribution is 0.0351. The molecule has 1 fully saturated rings. The number of aryl methyl sites for hydroxylation is 1. The van der Waals surface area contributed by atoms with Crippen LogP contribution in [-0.2, 0) is 4.74 Å². The Morgan fingerprint density at radius 3 is 2.32 bits per heavy atom. The topological polar surface area (TPSA) is 70.8 Å². The van der Waals surface area contributed by atoms with Gasteiger partial charge < -0.3 is 14.1 Å². The number of carbonyl (C=O) groups excluding carboxylic acids is 1. The molecule has 0 atom stereocenters. The minimum Gasteiger partial charge on any atom is -0.460 e. The molecule has 1 N–H and O–H groups in total. The molecule has 3 heterocycles. The maximum absolute atomic E-state index is 13.5. The predicted octanol–water partition coefficient (Wildman–Crippen LogP) is 6.10. The Morgan fingerprint density at radius 2 is 1.68 bits per heavy atom. The van der Waals surface area contributed by atoms with Crippen molar-refractivity contribution in [1.82, 2.24) is 14.8 Å². The number of nitrogens with zero attached hydrogens (tertiary/aromatic N) is 3. The van der Waals surface area contributed by atoms with Gasteiger partial charge in [-0.05, 0) is 36.6 Å². The molecule has 1 aliphatic heterocycles. The molecule has 2 amide bonds. The van der Waals surface area contributed by atoms with Crippen LogP contribution in [0.1, 0.15) is 29.2 Å². The number of thiazole rings is 1. The fourth-order valence-electron chi connectivity index (χ4n) is 4.77. The Hall–Kier alpha value is -3.46. The molecule has 4 aromatic rings. The van der Waals surface area contributed by atoms with Gasteiger partial charge in [0.05, 0.1) is 13.2 Å².